The summed E-state index contributed by atoms with van der Waals surface area (Å²) in [5.74, 6) is -2.20. The molecule has 0 spiro atoms. The van der Waals surface area contributed by atoms with E-state index in [1.807, 2.05) is 107 Å². The normalized spacial score (nSPS) is 11.8. The Kier molecular flexibility index (Phi) is 13.8. The van der Waals surface area contributed by atoms with Crippen molar-refractivity contribution in [2.75, 3.05) is 5.43 Å². The van der Waals surface area contributed by atoms with Gasteiger partial charge in [-0.1, -0.05) is 90.0 Å². The van der Waals surface area contributed by atoms with Crippen molar-refractivity contribution in [1.82, 2.24) is 16.1 Å². The van der Waals surface area contributed by atoms with Crippen LogP contribution in [-0.2, 0) is 22.4 Å². The summed E-state index contributed by atoms with van der Waals surface area (Å²) in [5, 5.41) is 30.9. The Morgan fingerprint density at radius 3 is 1.67 bits per heavy atom. The number of carbonyl (C=O) groups excluding carboxylic acids is 2. The van der Waals surface area contributed by atoms with Crippen LogP contribution in [0.5, 0.6) is 0 Å². The highest BCUT2D eigenvalue weighted by Gasteiger charge is 2.21. The van der Waals surface area contributed by atoms with E-state index < -0.39 is 36.1 Å². The maximum atomic E-state index is 12.0. The summed E-state index contributed by atoms with van der Waals surface area (Å²) >= 11 is 0. The maximum absolute atomic E-state index is 12.0. The molecule has 12 heteroatoms. The van der Waals surface area contributed by atoms with Crippen molar-refractivity contribution >= 4 is 35.4 Å². The lowest BCUT2D eigenvalue weighted by molar-refractivity contribution is -0.140. The molecular weight excluding hydrogens is 612 g/mol. The minimum atomic E-state index is -1.12. The molecule has 250 valence electrons. The van der Waals surface area contributed by atoms with Crippen LogP contribution >= 0.6 is 0 Å². The average molecular weight is 653 g/mol. The van der Waals surface area contributed by atoms with Crippen molar-refractivity contribution in [2.45, 2.75) is 52.6 Å². The van der Waals surface area contributed by atoms with E-state index in [0.29, 0.717) is 5.69 Å². The molecule has 0 saturated heterocycles. The topological polar surface area (TPSA) is 182 Å². The van der Waals surface area contributed by atoms with Gasteiger partial charge in [-0.05, 0) is 73.2 Å². The molecule has 0 bridgehead atoms. The molecule has 12 nitrogen and oxygen atoms in total. The van der Waals surface area contributed by atoms with Crippen molar-refractivity contribution in [3.63, 3.8) is 0 Å². The number of carboxylic acids is 2. The highest BCUT2D eigenvalue weighted by atomic mass is 16.4. The number of urea groups is 2. The zero-order chi connectivity index (χ0) is 35.1. The van der Waals surface area contributed by atoms with Crippen molar-refractivity contribution in [1.29, 1.82) is 0 Å². The second-order valence-electron chi connectivity index (χ2n) is 11.0. The van der Waals surface area contributed by atoms with Crippen molar-refractivity contribution in [3.05, 3.63) is 130 Å². The highest BCUT2D eigenvalue weighted by molar-refractivity contribution is 5.84. The van der Waals surface area contributed by atoms with Gasteiger partial charge in [0.1, 0.15) is 12.1 Å². The summed E-state index contributed by atoms with van der Waals surface area (Å²) in [4.78, 5) is 46.5. The Balaban J connectivity index is 0.000000260. The molecule has 0 heterocycles. The van der Waals surface area contributed by atoms with E-state index in [-0.39, 0.29) is 12.8 Å². The molecule has 0 aliphatic rings. The molecule has 0 fully saturated rings. The van der Waals surface area contributed by atoms with E-state index in [4.69, 9.17) is 0 Å². The van der Waals surface area contributed by atoms with Crippen LogP contribution in [0.1, 0.15) is 33.4 Å². The third-order valence-electron chi connectivity index (χ3n) is 7.50. The number of hydrazine groups is 1. The van der Waals surface area contributed by atoms with Gasteiger partial charge in [0.25, 0.3) is 0 Å². The van der Waals surface area contributed by atoms with Gasteiger partial charge >= 0.3 is 24.0 Å². The number of carboxylic acid groups (broad SMARTS) is 2. The van der Waals surface area contributed by atoms with E-state index in [1.165, 1.54) is 0 Å². The number of nitrogens with one attached hydrogen (secondary N) is 4. The van der Waals surface area contributed by atoms with Gasteiger partial charge in [0.2, 0.25) is 0 Å². The van der Waals surface area contributed by atoms with E-state index >= 15 is 0 Å². The Labute approximate surface area is 279 Å². The molecule has 0 saturated carbocycles. The molecule has 2 atom stereocenters. The van der Waals surface area contributed by atoms with Crippen LogP contribution in [0.25, 0.3) is 0 Å². The predicted octanol–water partition coefficient (Wildman–Crippen LogP) is 6.42. The second kappa shape index (κ2) is 18.2. The van der Waals surface area contributed by atoms with Gasteiger partial charge in [0.15, 0.2) is 0 Å². The number of amides is 4. The van der Waals surface area contributed by atoms with Gasteiger partial charge in [-0.25, -0.2) is 19.2 Å². The summed E-state index contributed by atoms with van der Waals surface area (Å²) in [6.45, 7) is 7.74. The molecule has 4 rings (SSSR count). The summed E-state index contributed by atoms with van der Waals surface area (Å²) in [7, 11) is 0. The van der Waals surface area contributed by atoms with E-state index in [9.17, 15) is 29.4 Å². The monoisotopic (exact) mass is 652 g/mol. The minimum Gasteiger partial charge on any atom is -0.480 e. The largest absolute Gasteiger partial charge is 0.480 e. The van der Waals surface area contributed by atoms with Gasteiger partial charge in [0, 0.05) is 12.8 Å². The average Bonchev–Trinajstić information content (AvgIpc) is 3.06. The highest BCUT2D eigenvalue weighted by Crippen LogP contribution is 2.21. The fourth-order valence-corrected chi connectivity index (χ4v) is 4.43. The van der Waals surface area contributed by atoms with Crippen LogP contribution in [0.2, 0.25) is 0 Å². The first kappa shape index (κ1) is 36.4. The number of benzene rings is 4. The number of rotatable bonds is 11. The minimum absolute atomic E-state index is 0.181. The lowest BCUT2D eigenvalue weighted by Crippen LogP contribution is -2.48. The van der Waals surface area contributed by atoms with Crippen LogP contribution in [-0.4, -0.2) is 46.3 Å². The number of aryl methyl sites for hydroxylation is 2. The number of carbonyl (C=O) groups is 4. The van der Waals surface area contributed by atoms with Gasteiger partial charge in [0.05, 0.1) is 11.4 Å². The number of aliphatic carboxylic acids is 2. The van der Waals surface area contributed by atoms with Gasteiger partial charge in [-0.3, -0.25) is 10.9 Å². The lowest BCUT2D eigenvalue weighted by atomic mass is 10.1. The molecule has 6 N–H and O–H groups in total. The molecule has 4 aromatic rings. The first-order valence-electron chi connectivity index (χ1n) is 15.1. The quantitative estimate of drug-likeness (QED) is 0.0798. The zero-order valence-corrected chi connectivity index (χ0v) is 27.2. The standard InChI is InChI=1S/C18H21N3O3.C18H19N3O3/c2*1-12-7-6-10-15(13(12)2)20-21-18(24)19-16(17(22)23)11-14-8-4-3-5-9-14/h3-10,16,20H,11H2,1-2H3,(H,22,23)(H2,19,21,24);3-10,16H,11H2,1-2H3,(H,19,24)(H,22,23). The Morgan fingerprint density at radius 1 is 0.625 bits per heavy atom. The van der Waals surface area contributed by atoms with Crippen LogP contribution in [0, 0.1) is 27.7 Å². The van der Waals surface area contributed by atoms with E-state index in [1.54, 1.807) is 18.2 Å². The SMILES string of the molecule is Cc1cccc(N=NC(=O)NC(Cc2ccccc2)C(=O)O)c1C.Cc1cccc(NNC(=O)NC(Cc2ccccc2)C(=O)O)c1C. The molecule has 0 aliphatic carbocycles. The molecule has 2 unspecified atom stereocenters. The van der Waals surface area contributed by atoms with Gasteiger partial charge in [-0.15, -0.1) is 5.11 Å². The molecule has 0 aromatic heterocycles. The number of anilines is 1. The molecule has 0 radical (unpaired) electrons. The first-order valence-corrected chi connectivity index (χ1v) is 15.1. The number of hydrogen-bond donors (Lipinski definition) is 6. The smallest absolute Gasteiger partial charge is 0.360 e. The molecule has 0 aliphatic heterocycles. The fourth-order valence-electron chi connectivity index (χ4n) is 4.43. The Bertz CT molecular complexity index is 1730. The van der Waals surface area contributed by atoms with Crippen LogP contribution in [0.3, 0.4) is 0 Å². The summed E-state index contributed by atoms with van der Waals surface area (Å²) < 4.78 is 0. The molecule has 48 heavy (non-hydrogen) atoms. The van der Waals surface area contributed by atoms with Gasteiger partial charge in [-0.2, -0.15) is 0 Å². The van der Waals surface area contributed by atoms with Gasteiger partial charge < -0.3 is 20.8 Å². The number of azo groups is 1. The van der Waals surface area contributed by atoms with Crippen molar-refractivity contribution in [3.8, 4) is 0 Å². The van der Waals surface area contributed by atoms with Crippen LogP contribution in [0.4, 0.5) is 21.0 Å². The molecule has 4 aromatic carbocycles. The van der Waals surface area contributed by atoms with Crippen LogP contribution < -0.4 is 21.5 Å². The predicted molar refractivity (Wildman–Crippen MR) is 183 cm³/mol. The summed E-state index contributed by atoms with van der Waals surface area (Å²) in [5.41, 5.74) is 12.4. The number of nitrogens with zero attached hydrogens (tertiary/aromatic N) is 2. The van der Waals surface area contributed by atoms with Crippen LogP contribution in [0.15, 0.2) is 107 Å². The maximum Gasteiger partial charge on any atom is 0.360 e. The van der Waals surface area contributed by atoms with E-state index in [2.05, 4.69) is 31.7 Å². The number of hydrogen-bond acceptors (Lipinski definition) is 6. The lowest BCUT2D eigenvalue weighted by Gasteiger charge is -2.17. The Hall–Kier alpha value is -6.04. The summed E-state index contributed by atoms with van der Waals surface area (Å²) in [6.07, 6.45) is 0.397. The third kappa shape index (κ3) is 11.7. The molecular formula is C36H40N6O6. The summed E-state index contributed by atoms with van der Waals surface area (Å²) in [6, 6.07) is 26.0. The van der Waals surface area contributed by atoms with Crippen molar-refractivity contribution < 1.29 is 29.4 Å². The first-order chi connectivity index (χ1) is 22.9. The second-order valence-corrected chi connectivity index (χ2v) is 11.0. The van der Waals surface area contributed by atoms with E-state index in [0.717, 1.165) is 39.1 Å². The molecule has 4 amide bonds. The fraction of sp³-hybridized carbons (Fsp3) is 0.222. The Morgan fingerprint density at radius 2 is 1.12 bits per heavy atom. The van der Waals surface area contributed by atoms with Crippen molar-refractivity contribution in [2.24, 2.45) is 10.2 Å². The zero-order valence-electron chi connectivity index (χ0n) is 27.2. The third-order valence-corrected chi connectivity index (χ3v) is 7.50.